The van der Waals surface area contributed by atoms with Gasteiger partial charge in [0.25, 0.3) is 0 Å². The highest BCUT2D eigenvalue weighted by Gasteiger charge is 2.48. The fourth-order valence-corrected chi connectivity index (χ4v) is 3.52. The molecule has 4 unspecified atom stereocenters. The number of halogens is 1. The van der Waals surface area contributed by atoms with Crippen LogP contribution >= 0.6 is 11.6 Å². The second kappa shape index (κ2) is 8.24. The Bertz CT molecular complexity index is 1200. The Balaban J connectivity index is 1.64. The number of anilines is 1. The lowest BCUT2D eigenvalue weighted by atomic mass is 10.1. The minimum absolute atomic E-state index is 0.0546. The number of imidazole rings is 1. The number of aromatic nitrogens is 4. The third-order valence-electron chi connectivity index (χ3n) is 4.79. The van der Waals surface area contributed by atoms with Crippen LogP contribution < -0.4 is 5.32 Å². The van der Waals surface area contributed by atoms with E-state index in [4.69, 9.17) is 21.9 Å². The summed E-state index contributed by atoms with van der Waals surface area (Å²) in [6.07, 6.45) is -1.60. The minimum atomic E-state index is -1.53. The van der Waals surface area contributed by atoms with Crippen molar-refractivity contribution in [3.8, 4) is 5.75 Å². The van der Waals surface area contributed by atoms with Crippen molar-refractivity contribution in [2.75, 3.05) is 5.32 Å². The van der Waals surface area contributed by atoms with Crippen molar-refractivity contribution in [3.05, 3.63) is 51.9 Å². The molecule has 0 radical (unpaired) electrons. The number of phenolic OH excluding ortho intramolecular Hbond substituents is 1. The van der Waals surface area contributed by atoms with E-state index in [2.05, 4.69) is 30.3 Å². The number of phenols is 1. The quantitative estimate of drug-likeness (QED) is 0.248. The number of fused-ring (bicyclic) bond motifs is 1. The number of hydrogen-bond acceptors (Lipinski definition) is 9. The van der Waals surface area contributed by atoms with Gasteiger partial charge in [-0.15, -0.1) is 0 Å². The minimum Gasteiger partial charge on any atom is -0.508 e. The van der Waals surface area contributed by atoms with Crippen LogP contribution in [0.2, 0.25) is 5.02 Å². The van der Waals surface area contributed by atoms with E-state index in [1.165, 1.54) is 23.3 Å². The number of carboxylic acid groups (broad SMARTS) is 1. The fourth-order valence-electron chi connectivity index (χ4n) is 3.32. The summed E-state index contributed by atoms with van der Waals surface area (Å²) in [6, 6.07) is 3.31. The first-order chi connectivity index (χ1) is 14.9. The highest BCUT2D eigenvalue weighted by atomic mass is 35.5. The molecule has 0 aliphatic carbocycles. The van der Waals surface area contributed by atoms with Gasteiger partial charge >= 0.3 is 5.97 Å². The van der Waals surface area contributed by atoms with Crippen LogP contribution in [0.4, 0.5) is 5.82 Å². The predicted octanol–water partition coefficient (Wildman–Crippen LogP) is 1.82. The van der Waals surface area contributed by atoms with Crippen molar-refractivity contribution >= 4 is 34.6 Å². The zero-order chi connectivity index (χ0) is 22.1. The molecule has 3 heterocycles. The van der Waals surface area contributed by atoms with Crippen molar-refractivity contribution in [1.29, 1.82) is 0 Å². The van der Waals surface area contributed by atoms with Crippen LogP contribution in [0.25, 0.3) is 21.6 Å². The first-order valence-corrected chi connectivity index (χ1v) is 9.28. The summed E-state index contributed by atoms with van der Waals surface area (Å²) in [4.78, 5) is 26.5. The van der Waals surface area contributed by atoms with Gasteiger partial charge in [-0.05, 0) is 23.7 Å². The Morgan fingerprint density at radius 3 is 2.94 bits per heavy atom. The molecule has 0 amide bonds. The van der Waals surface area contributed by atoms with Crippen LogP contribution in [0.3, 0.4) is 0 Å². The Labute approximate surface area is 178 Å². The fraction of sp³-hybridized carbons (Fsp3) is 0.294. The number of aliphatic hydroxyl groups is 1. The average Bonchev–Trinajstić information content (AvgIpc) is 3.31. The molecule has 0 bridgehead atoms. The zero-order valence-electron chi connectivity index (χ0n) is 15.6. The summed E-state index contributed by atoms with van der Waals surface area (Å²) in [6.45, 7) is 0.188. The molecular formula is C17H15ClN8O5. The summed E-state index contributed by atoms with van der Waals surface area (Å²) in [5, 5.41) is 36.6. The van der Waals surface area contributed by atoms with Gasteiger partial charge in [-0.25, -0.2) is 19.7 Å². The second-order valence-corrected chi connectivity index (χ2v) is 7.08. The molecule has 0 spiro atoms. The molecular weight excluding hydrogens is 432 g/mol. The van der Waals surface area contributed by atoms with Gasteiger partial charge < -0.3 is 25.4 Å². The van der Waals surface area contributed by atoms with Gasteiger partial charge in [0, 0.05) is 22.0 Å². The molecule has 0 saturated carbocycles. The molecule has 14 heteroatoms. The van der Waals surface area contributed by atoms with E-state index in [9.17, 15) is 20.1 Å². The normalized spacial score (nSPS) is 22.9. The molecule has 31 heavy (non-hydrogen) atoms. The molecule has 13 nitrogen and oxygen atoms in total. The number of carboxylic acids is 1. The van der Waals surface area contributed by atoms with Gasteiger partial charge in [0.05, 0.1) is 6.33 Å². The van der Waals surface area contributed by atoms with E-state index < -0.39 is 30.4 Å². The zero-order valence-corrected chi connectivity index (χ0v) is 16.3. The topological polar surface area (TPSA) is 191 Å². The van der Waals surface area contributed by atoms with Crippen molar-refractivity contribution < 1.29 is 24.9 Å². The Morgan fingerprint density at radius 1 is 1.39 bits per heavy atom. The Hall–Kier alpha value is -3.64. The predicted molar refractivity (Wildman–Crippen MR) is 106 cm³/mol. The molecule has 4 rings (SSSR count). The summed E-state index contributed by atoms with van der Waals surface area (Å²) >= 11 is 5.96. The van der Waals surface area contributed by atoms with E-state index in [0.717, 1.165) is 0 Å². The number of nitrogens with zero attached hydrogens (tertiary/aromatic N) is 7. The van der Waals surface area contributed by atoms with E-state index in [1.54, 1.807) is 12.1 Å². The molecule has 4 N–H and O–H groups in total. The van der Waals surface area contributed by atoms with Crippen molar-refractivity contribution in [1.82, 2.24) is 19.5 Å². The number of ether oxygens (including phenoxy) is 1. The number of azide groups is 1. The van der Waals surface area contributed by atoms with Gasteiger partial charge in [0.1, 0.15) is 24.2 Å². The van der Waals surface area contributed by atoms with Crippen LogP contribution in [-0.2, 0) is 16.1 Å². The highest BCUT2D eigenvalue weighted by Crippen LogP contribution is 2.34. The average molecular weight is 447 g/mol. The summed E-state index contributed by atoms with van der Waals surface area (Å²) < 4.78 is 6.77. The number of rotatable bonds is 6. The first kappa shape index (κ1) is 20.6. The van der Waals surface area contributed by atoms with E-state index in [0.29, 0.717) is 21.9 Å². The highest BCUT2D eigenvalue weighted by molar-refractivity contribution is 6.30. The first-order valence-electron chi connectivity index (χ1n) is 8.90. The molecule has 1 fully saturated rings. The standard InChI is InChI=1S/C17H15ClN8O5/c18-8-1-2-9(27)7(3-8)4-20-14-11-15(22-5-21-14)26(6-23-11)16-12(28)10(24-25-19)13(31-16)17(29)30/h1-3,5-6,10,12-13,16,27-28H,4H2,(H,29,30)(H,20,21,22). The van der Waals surface area contributed by atoms with Crippen molar-refractivity contribution in [2.24, 2.45) is 5.11 Å². The Morgan fingerprint density at radius 2 is 2.19 bits per heavy atom. The monoisotopic (exact) mass is 446 g/mol. The number of hydrogen-bond donors (Lipinski definition) is 4. The third kappa shape index (κ3) is 3.78. The maximum Gasteiger partial charge on any atom is 0.333 e. The number of nitrogens with one attached hydrogen (secondary N) is 1. The lowest BCUT2D eigenvalue weighted by molar-refractivity contribution is -0.152. The van der Waals surface area contributed by atoms with E-state index in [1.807, 2.05) is 0 Å². The smallest absolute Gasteiger partial charge is 0.333 e. The van der Waals surface area contributed by atoms with Crippen LogP contribution in [0.15, 0.2) is 36.0 Å². The Kier molecular flexibility index (Phi) is 5.48. The largest absolute Gasteiger partial charge is 0.508 e. The van der Waals surface area contributed by atoms with E-state index >= 15 is 0 Å². The summed E-state index contributed by atoms with van der Waals surface area (Å²) in [7, 11) is 0. The molecule has 1 saturated heterocycles. The van der Waals surface area contributed by atoms with Crippen LogP contribution in [-0.4, -0.2) is 59.1 Å². The molecule has 4 atom stereocenters. The lowest BCUT2D eigenvalue weighted by Gasteiger charge is -2.16. The molecule has 160 valence electrons. The van der Waals surface area contributed by atoms with Crippen molar-refractivity contribution in [3.63, 3.8) is 0 Å². The number of aliphatic carboxylic acids is 1. The van der Waals surface area contributed by atoms with Gasteiger partial charge in [-0.1, -0.05) is 16.7 Å². The second-order valence-electron chi connectivity index (χ2n) is 6.64. The molecule has 1 aliphatic heterocycles. The van der Waals surface area contributed by atoms with E-state index in [-0.39, 0.29) is 17.9 Å². The van der Waals surface area contributed by atoms with Gasteiger partial charge in [-0.2, -0.15) is 0 Å². The molecule has 2 aromatic heterocycles. The van der Waals surface area contributed by atoms with Gasteiger partial charge in [-0.3, -0.25) is 4.57 Å². The van der Waals surface area contributed by atoms with Gasteiger partial charge in [0.15, 0.2) is 29.3 Å². The number of aliphatic hydroxyl groups excluding tert-OH is 1. The van der Waals surface area contributed by atoms with Crippen molar-refractivity contribution in [2.45, 2.75) is 31.0 Å². The number of aromatic hydroxyl groups is 1. The molecule has 1 aromatic carbocycles. The SMILES string of the molecule is [N-]=[N+]=NC1C(C(=O)O)OC(n2cnc3c(NCc4cc(Cl)ccc4O)ncnc32)C1O. The maximum atomic E-state index is 11.4. The molecule has 3 aromatic rings. The molecule has 1 aliphatic rings. The summed E-state index contributed by atoms with van der Waals surface area (Å²) in [5.74, 6) is -0.988. The maximum absolute atomic E-state index is 11.4. The number of benzene rings is 1. The van der Waals surface area contributed by atoms with Crippen LogP contribution in [0.1, 0.15) is 11.8 Å². The number of carbonyl (C=O) groups is 1. The third-order valence-corrected chi connectivity index (χ3v) is 5.02. The summed E-state index contributed by atoms with van der Waals surface area (Å²) in [5.41, 5.74) is 9.79. The lowest BCUT2D eigenvalue weighted by Crippen LogP contribution is -2.34. The van der Waals surface area contributed by atoms with Crippen LogP contribution in [0.5, 0.6) is 5.75 Å². The van der Waals surface area contributed by atoms with Gasteiger partial charge in [0.2, 0.25) is 0 Å². The van der Waals surface area contributed by atoms with Crippen LogP contribution in [0, 0.1) is 0 Å².